The Bertz CT molecular complexity index is 1720. The lowest BCUT2D eigenvalue weighted by atomic mass is 9.87. The first-order valence-corrected chi connectivity index (χ1v) is 15.1. The Morgan fingerprint density at radius 2 is 1.36 bits per heavy atom. The van der Waals surface area contributed by atoms with Gasteiger partial charge in [0, 0.05) is 30.7 Å². The van der Waals surface area contributed by atoms with Crippen molar-refractivity contribution >= 4 is 0 Å². The molecule has 0 saturated carbocycles. The summed E-state index contributed by atoms with van der Waals surface area (Å²) in [5, 5.41) is 22.3. The molecule has 8 rings (SSSR count). The number of phenolic OH excluding ortho intramolecular Hbond substituents is 2. The monoisotopic (exact) mass is 594 g/mol. The van der Waals surface area contributed by atoms with E-state index in [0.717, 1.165) is 49.0 Å². The van der Waals surface area contributed by atoms with E-state index in [-0.39, 0.29) is 23.6 Å². The third-order valence-electron chi connectivity index (χ3n) is 9.46. The van der Waals surface area contributed by atoms with Crippen LogP contribution in [-0.4, -0.2) is 61.4 Å². The van der Waals surface area contributed by atoms with Crippen molar-refractivity contribution in [3.63, 3.8) is 0 Å². The normalized spacial score (nSPS) is 19.6. The van der Waals surface area contributed by atoms with E-state index < -0.39 is 0 Å². The number of benzene rings is 4. The number of phenols is 2. The predicted octanol–water partition coefficient (Wildman–Crippen LogP) is 6.56. The van der Waals surface area contributed by atoms with Crippen molar-refractivity contribution in [1.82, 2.24) is 9.80 Å². The fourth-order valence-electron chi connectivity index (χ4n) is 6.93. The van der Waals surface area contributed by atoms with Crippen LogP contribution in [0, 0.1) is 0 Å². The Labute approximate surface area is 258 Å². The van der Waals surface area contributed by atoms with Crippen LogP contribution < -0.4 is 18.9 Å². The van der Waals surface area contributed by atoms with Crippen molar-refractivity contribution in [2.45, 2.75) is 37.8 Å². The number of nitrogens with zero attached hydrogens (tertiary/aromatic N) is 2. The molecule has 4 aliphatic rings. The molecule has 8 heteroatoms. The van der Waals surface area contributed by atoms with Crippen molar-refractivity contribution in [1.29, 1.82) is 0 Å². The number of likely N-dealkylation sites (N-methyl/N-ethyl adjacent to an activating group) is 2. The number of ether oxygens (including phenoxy) is 4. The van der Waals surface area contributed by atoms with Crippen LogP contribution in [0.4, 0.5) is 0 Å². The molecule has 0 amide bonds. The van der Waals surface area contributed by atoms with E-state index in [0.29, 0.717) is 40.9 Å². The SMILES string of the molecule is COc1cc2c3cc1Oc1cc(ccc1O)C[C@H]1c4c(cc(OC)c(O)c4Oc4ccc(cc4)C[C@H]3N(C)CC2)CCN1C. The van der Waals surface area contributed by atoms with E-state index in [4.69, 9.17) is 18.9 Å². The molecule has 0 aliphatic carbocycles. The Morgan fingerprint density at radius 1 is 0.705 bits per heavy atom. The van der Waals surface area contributed by atoms with Crippen molar-refractivity contribution < 1.29 is 29.2 Å². The molecule has 0 aromatic heterocycles. The van der Waals surface area contributed by atoms with Crippen molar-refractivity contribution in [3.05, 3.63) is 94.0 Å². The third kappa shape index (κ3) is 4.98. The molecule has 4 aromatic rings. The van der Waals surface area contributed by atoms with E-state index >= 15 is 0 Å². The third-order valence-corrected chi connectivity index (χ3v) is 9.46. The van der Waals surface area contributed by atoms with Crippen LogP contribution in [0.2, 0.25) is 0 Å². The van der Waals surface area contributed by atoms with Gasteiger partial charge in [0.1, 0.15) is 5.75 Å². The molecule has 0 fully saturated rings. The van der Waals surface area contributed by atoms with Gasteiger partial charge in [0.25, 0.3) is 0 Å². The summed E-state index contributed by atoms with van der Waals surface area (Å²) in [4.78, 5) is 4.65. The number of methoxy groups -OCH3 is 2. The summed E-state index contributed by atoms with van der Waals surface area (Å²) in [6.45, 7) is 1.77. The minimum absolute atomic E-state index is 0.0123. The summed E-state index contributed by atoms with van der Waals surface area (Å²) in [7, 11) is 7.45. The number of fused-ring (bicyclic) bond motifs is 2. The summed E-state index contributed by atoms with van der Waals surface area (Å²) in [5.41, 5.74) is 6.58. The second-order valence-electron chi connectivity index (χ2n) is 12.1. The lowest BCUT2D eigenvalue weighted by Gasteiger charge is -2.36. The van der Waals surface area contributed by atoms with E-state index in [1.54, 1.807) is 20.3 Å². The first-order chi connectivity index (χ1) is 21.3. The maximum Gasteiger partial charge on any atom is 0.201 e. The molecule has 0 radical (unpaired) electrons. The van der Waals surface area contributed by atoms with Crippen LogP contribution in [-0.2, 0) is 25.7 Å². The fourth-order valence-corrected chi connectivity index (χ4v) is 6.93. The van der Waals surface area contributed by atoms with Gasteiger partial charge in [0.05, 0.1) is 14.2 Å². The molecule has 228 valence electrons. The van der Waals surface area contributed by atoms with Gasteiger partial charge in [-0.05, 0) is 110 Å². The highest BCUT2D eigenvalue weighted by atomic mass is 16.5. The van der Waals surface area contributed by atoms with Gasteiger partial charge in [-0.3, -0.25) is 9.80 Å². The molecular weight excluding hydrogens is 556 g/mol. The van der Waals surface area contributed by atoms with E-state index in [2.05, 4.69) is 48.2 Å². The van der Waals surface area contributed by atoms with Crippen LogP contribution >= 0.6 is 0 Å². The van der Waals surface area contributed by atoms with Crippen LogP contribution in [0.5, 0.6) is 46.0 Å². The van der Waals surface area contributed by atoms with Crippen LogP contribution in [0.25, 0.3) is 0 Å². The standard InChI is InChI=1S/C36H38N2O6/c1-37-13-11-23-18-31(41-3)32-20-26(23)27(37)15-21-5-8-25(9-6-21)43-36-34-24(19-33(42-4)35(36)40)12-14-38(2)28(34)16-22-7-10-29(39)30(17-22)44-32/h5-10,17-20,27-28,39-40H,11-16H2,1-4H3/t27-,28+/m1/s1. The Balaban J connectivity index is 1.41. The molecule has 8 nitrogen and oxygen atoms in total. The lowest BCUT2D eigenvalue weighted by molar-refractivity contribution is 0.222. The smallest absolute Gasteiger partial charge is 0.201 e. The number of hydrogen-bond acceptors (Lipinski definition) is 8. The van der Waals surface area contributed by atoms with Crippen molar-refractivity contribution in [2.75, 3.05) is 41.4 Å². The van der Waals surface area contributed by atoms with E-state index in [1.807, 2.05) is 30.3 Å². The highest BCUT2D eigenvalue weighted by Crippen LogP contribution is 2.50. The van der Waals surface area contributed by atoms with Crippen LogP contribution in [0.15, 0.2) is 60.7 Å². The Hall–Kier alpha value is -4.40. The highest BCUT2D eigenvalue weighted by molar-refractivity contribution is 5.62. The maximum absolute atomic E-state index is 11.4. The molecule has 4 aromatic carbocycles. The molecule has 2 atom stereocenters. The van der Waals surface area contributed by atoms with Gasteiger partial charge in [-0.1, -0.05) is 18.2 Å². The fraction of sp³-hybridized carbons (Fsp3) is 0.333. The quantitative estimate of drug-likeness (QED) is 0.270. The molecule has 6 bridgehead atoms. The summed E-state index contributed by atoms with van der Waals surface area (Å²) in [6, 6.07) is 19.7. The zero-order valence-electron chi connectivity index (χ0n) is 25.6. The zero-order valence-corrected chi connectivity index (χ0v) is 25.6. The molecule has 4 heterocycles. The van der Waals surface area contributed by atoms with E-state index in [9.17, 15) is 10.2 Å². The lowest BCUT2D eigenvalue weighted by Crippen LogP contribution is -2.34. The first kappa shape index (κ1) is 28.4. The minimum atomic E-state index is -0.101. The molecular formula is C36H38N2O6. The number of rotatable bonds is 2. The first-order valence-electron chi connectivity index (χ1n) is 15.1. The van der Waals surface area contributed by atoms with Crippen LogP contribution in [0.3, 0.4) is 0 Å². The number of aromatic hydroxyl groups is 2. The molecule has 2 N–H and O–H groups in total. The average molecular weight is 595 g/mol. The summed E-state index contributed by atoms with van der Waals surface area (Å²) < 4.78 is 24.3. The molecule has 0 unspecified atom stereocenters. The topological polar surface area (TPSA) is 83.9 Å². The second-order valence-corrected chi connectivity index (χ2v) is 12.1. The van der Waals surface area contributed by atoms with E-state index in [1.165, 1.54) is 16.7 Å². The highest BCUT2D eigenvalue weighted by Gasteiger charge is 2.33. The predicted molar refractivity (Wildman–Crippen MR) is 168 cm³/mol. The Morgan fingerprint density at radius 3 is 2.11 bits per heavy atom. The summed E-state index contributed by atoms with van der Waals surface area (Å²) in [6.07, 6.45) is 3.11. The van der Waals surface area contributed by atoms with Gasteiger partial charge in [-0.2, -0.15) is 0 Å². The van der Waals surface area contributed by atoms with Gasteiger partial charge in [-0.25, -0.2) is 0 Å². The molecule has 0 saturated heterocycles. The zero-order chi connectivity index (χ0) is 30.5. The van der Waals surface area contributed by atoms with Crippen molar-refractivity contribution in [2.24, 2.45) is 0 Å². The van der Waals surface area contributed by atoms with Gasteiger partial charge in [0.2, 0.25) is 5.75 Å². The maximum atomic E-state index is 11.4. The Kier molecular flexibility index (Phi) is 7.26. The second kappa shape index (κ2) is 11.3. The summed E-state index contributed by atoms with van der Waals surface area (Å²) >= 11 is 0. The average Bonchev–Trinajstić information content (AvgIpc) is 3.03. The van der Waals surface area contributed by atoms with Gasteiger partial charge in [0.15, 0.2) is 34.5 Å². The van der Waals surface area contributed by atoms with Crippen LogP contribution in [0.1, 0.15) is 45.5 Å². The largest absolute Gasteiger partial charge is 0.504 e. The van der Waals surface area contributed by atoms with Crippen molar-refractivity contribution in [3.8, 4) is 46.0 Å². The minimum Gasteiger partial charge on any atom is -0.504 e. The van der Waals surface area contributed by atoms with Gasteiger partial charge >= 0.3 is 0 Å². The number of hydrogen-bond donors (Lipinski definition) is 2. The molecule has 4 aliphatic heterocycles. The van der Waals surface area contributed by atoms with Gasteiger partial charge < -0.3 is 29.2 Å². The summed E-state index contributed by atoms with van der Waals surface area (Å²) in [5.74, 6) is 3.08. The molecule has 44 heavy (non-hydrogen) atoms. The van der Waals surface area contributed by atoms with Gasteiger partial charge in [-0.15, -0.1) is 0 Å². The molecule has 0 spiro atoms.